The van der Waals surface area contributed by atoms with E-state index in [1.54, 1.807) is 0 Å². The molecular formula is C13H22N2O2. The average molecular weight is 238 g/mol. The highest BCUT2D eigenvalue weighted by Crippen LogP contribution is 2.11. The molecule has 0 aliphatic carbocycles. The van der Waals surface area contributed by atoms with Crippen LogP contribution in [0.25, 0.3) is 0 Å². The molecule has 0 saturated heterocycles. The van der Waals surface area contributed by atoms with Crippen LogP contribution in [0, 0.1) is 12.3 Å². The van der Waals surface area contributed by atoms with Crippen LogP contribution in [0.2, 0.25) is 0 Å². The van der Waals surface area contributed by atoms with Gasteiger partial charge >= 0.3 is 0 Å². The highest BCUT2D eigenvalue weighted by atomic mass is 16.3. The van der Waals surface area contributed by atoms with E-state index in [2.05, 4.69) is 24.5 Å². The number of carbonyl (C=O) groups is 1. The average Bonchev–Trinajstić information content (AvgIpc) is 2.61. The van der Waals surface area contributed by atoms with Crippen LogP contribution in [-0.4, -0.2) is 26.0 Å². The molecule has 0 atom stereocenters. The first kappa shape index (κ1) is 13.8. The molecule has 1 amide bonds. The summed E-state index contributed by atoms with van der Waals surface area (Å²) in [5, 5.41) is 6.04. The monoisotopic (exact) mass is 238 g/mol. The fraction of sp³-hybridized carbons (Fsp3) is 0.615. The Balaban J connectivity index is 2.35. The van der Waals surface area contributed by atoms with E-state index in [1.807, 2.05) is 26.1 Å². The number of furan rings is 1. The smallest absolute Gasteiger partial charge is 0.227 e. The predicted octanol–water partition coefficient (Wildman–Crippen LogP) is 1.49. The van der Waals surface area contributed by atoms with Gasteiger partial charge < -0.3 is 15.1 Å². The lowest BCUT2D eigenvalue weighted by atomic mass is 9.93. The first-order valence-electron chi connectivity index (χ1n) is 5.89. The Kier molecular flexibility index (Phi) is 4.75. The van der Waals surface area contributed by atoms with Crippen LogP contribution in [0.5, 0.6) is 0 Å². The molecule has 0 bridgehead atoms. The number of amides is 1. The Morgan fingerprint density at radius 3 is 2.59 bits per heavy atom. The third kappa shape index (κ3) is 5.04. The molecule has 2 N–H and O–H groups in total. The van der Waals surface area contributed by atoms with Crippen molar-refractivity contribution in [1.82, 2.24) is 10.6 Å². The zero-order valence-corrected chi connectivity index (χ0v) is 11.1. The van der Waals surface area contributed by atoms with E-state index in [1.165, 1.54) is 0 Å². The van der Waals surface area contributed by atoms with Gasteiger partial charge in [-0.2, -0.15) is 0 Å². The number of nitrogens with one attached hydrogen (secondary N) is 2. The van der Waals surface area contributed by atoms with Crippen molar-refractivity contribution in [2.75, 3.05) is 20.1 Å². The van der Waals surface area contributed by atoms with Crippen LogP contribution in [0.15, 0.2) is 16.5 Å². The van der Waals surface area contributed by atoms with Gasteiger partial charge in [-0.15, -0.1) is 0 Å². The largest absolute Gasteiger partial charge is 0.466 e. The molecule has 1 aromatic heterocycles. The van der Waals surface area contributed by atoms with Crippen molar-refractivity contribution >= 4 is 5.91 Å². The Morgan fingerprint density at radius 1 is 1.35 bits per heavy atom. The quantitative estimate of drug-likeness (QED) is 0.789. The maximum Gasteiger partial charge on any atom is 0.227 e. The molecule has 0 aliphatic rings. The molecule has 1 rings (SSSR count). The van der Waals surface area contributed by atoms with E-state index in [0.29, 0.717) is 18.7 Å². The van der Waals surface area contributed by atoms with Gasteiger partial charge in [0.05, 0.1) is 6.42 Å². The van der Waals surface area contributed by atoms with E-state index in [0.717, 1.165) is 12.3 Å². The summed E-state index contributed by atoms with van der Waals surface area (Å²) in [6, 6.07) is 3.71. The molecule has 0 saturated carbocycles. The second kappa shape index (κ2) is 5.87. The SMILES string of the molecule is CNCC(C)(C)CNC(=O)Cc1ccc(C)o1. The van der Waals surface area contributed by atoms with Crippen molar-refractivity contribution in [3.8, 4) is 0 Å². The van der Waals surface area contributed by atoms with E-state index in [-0.39, 0.29) is 11.3 Å². The minimum absolute atomic E-state index is 0.00327. The van der Waals surface area contributed by atoms with Crippen molar-refractivity contribution in [2.45, 2.75) is 27.2 Å². The van der Waals surface area contributed by atoms with Crippen LogP contribution in [-0.2, 0) is 11.2 Å². The molecule has 4 heteroatoms. The summed E-state index contributed by atoms with van der Waals surface area (Å²) in [6.45, 7) is 7.62. The number of hydrogen-bond donors (Lipinski definition) is 2. The maximum atomic E-state index is 11.7. The van der Waals surface area contributed by atoms with E-state index in [9.17, 15) is 4.79 Å². The molecule has 1 aromatic rings. The fourth-order valence-electron chi connectivity index (χ4n) is 1.68. The summed E-state index contributed by atoms with van der Waals surface area (Å²) in [6.07, 6.45) is 0.309. The van der Waals surface area contributed by atoms with Crippen LogP contribution in [0.4, 0.5) is 0 Å². The van der Waals surface area contributed by atoms with Gasteiger partial charge in [0.15, 0.2) is 0 Å². The third-order valence-corrected chi connectivity index (χ3v) is 2.55. The van der Waals surface area contributed by atoms with Gasteiger partial charge in [0.2, 0.25) is 5.91 Å². The summed E-state index contributed by atoms with van der Waals surface area (Å²) in [7, 11) is 1.91. The van der Waals surface area contributed by atoms with Gasteiger partial charge in [-0.1, -0.05) is 13.8 Å². The van der Waals surface area contributed by atoms with E-state index in [4.69, 9.17) is 4.42 Å². The van der Waals surface area contributed by atoms with Gasteiger partial charge in [-0.3, -0.25) is 4.79 Å². The molecule has 17 heavy (non-hydrogen) atoms. The highest BCUT2D eigenvalue weighted by molar-refractivity contribution is 5.77. The van der Waals surface area contributed by atoms with Crippen molar-refractivity contribution in [2.24, 2.45) is 5.41 Å². The number of aryl methyl sites for hydroxylation is 1. The molecule has 0 unspecified atom stereocenters. The number of rotatable bonds is 6. The van der Waals surface area contributed by atoms with Gasteiger partial charge in [0.1, 0.15) is 11.5 Å². The molecule has 0 aliphatic heterocycles. The Hall–Kier alpha value is -1.29. The second-order valence-electron chi connectivity index (χ2n) is 5.16. The lowest BCUT2D eigenvalue weighted by Crippen LogP contribution is -2.39. The van der Waals surface area contributed by atoms with Gasteiger partial charge in [-0.25, -0.2) is 0 Å². The Morgan fingerprint density at radius 2 is 2.06 bits per heavy atom. The molecule has 4 nitrogen and oxygen atoms in total. The molecule has 0 spiro atoms. The number of carbonyl (C=O) groups excluding carboxylic acids is 1. The highest BCUT2D eigenvalue weighted by Gasteiger charge is 2.18. The lowest BCUT2D eigenvalue weighted by molar-refractivity contribution is -0.121. The molecule has 0 fully saturated rings. The minimum Gasteiger partial charge on any atom is -0.466 e. The van der Waals surface area contributed by atoms with Crippen LogP contribution < -0.4 is 10.6 Å². The van der Waals surface area contributed by atoms with Crippen molar-refractivity contribution < 1.29 is 9.21 Å². The summed E-state index contributed by atoms with van der Waals surface area (Å²) in [4.78, 5) is 11.7. The number of hydrogen-bond acceptors (Lipinski definition) is 3. The lowest BCUT2D eigenvalue weighted by Gasteiger charge is -2.24. The first-order valence-corrected chi connectivity index (χ1v) is 5.89. The second-order valence-corrected chi connectivity index (χ2v) is 5.16. The van der Waals surface area contributed by atoms with Gasteiger partial charge in [0.25, 0.3) is 0 Å². The van der Waals surface area contributed by atoms with Gasteiger partial charge in [0, 0.05) is 13.1 Å². The maximum absolute atomic E-state index is 11.7. The summed E-state index contributed by atoms with van der Waals surface area (Å²) < 4.78 is 5.36. The Labute approximate surface area is 103 Å². The van der Waals surface area contributed by atoms with Crippen LogP contribution >= 0.6 is 0 Å². The Bertz CT molecular complexity index is 369. The molecular weight excluding hydrogens is 216 g/mol. The van der Waals surface area contributed by atoms with Crippen LogP contribution in [0.1, 0.15) is 25.4 Å². The topological polar surface area (TPSA) is 54.3 Å². The van der Waals surface area contributed by atoms with E-state index < -0.39 is 0 Å². The van der Waals surface area contributed by atoms with Crippen molar-refractivity contribution in [3.05, 3.63) is 23.7 Å². The summed E-state index contributed by atoms with van der Waals surface area (Å²) >= 11 is 0. The van der Waals surface area contributed by atoms with Crippen molar-refractivity contribution in [1.29, 1.82) is 0 Å². The first-order chi connectivity index (χ1) is 7.93. The predicted molar refractivity (Wildman–Crippen MR) is 67.9 cm³/mol. The molecule has 0 aromatic carbocycles. The zero-order chi connectivity index (χ0) is 12.9. The third-order valence-electron chi connectivity index (χ3n) is 2.55. The normalized spacial score (nSPS) is 11.5. The molecule has 1 heterocycles. The zero-order valence-electron chi connectivity index (χ0n) is 11.1. The van der Waals surface area contributed by atoms with Gasteiger partial charge in [-0.05, 0) is 31.5 Å². The minimum atomic E-state index is 0.00327. The van der Waals surface area contributed by atoms with Crippen LogP contribution in [0.3, 0.4) is 0 Å². The van der Waals surface area contributed by atoms with E-state index >= 15 is 0 Å². The summed E-state index contributed by atoms with van der Waals surface area (Å²) in [5.41, 5.74) is 0.0590. The summed E-state index contributed by atoms with van der Waals surface area (Å²) in [5.74, 6) is 1.55. The molecule has 96 valence electrons. The van der Waals surface area contributed by atoms with Crippen molar-refractivity contribution in [3.63, 3.8) is 0 Å². The standard InChI is InChI=1S/C13H22N2O2/c1-10-5-6-11(17-10)7-12(16)15-9-13(2,3)8-14-4/h5-6,14H,7-9H2,1-4H3,(H,15,16). The fourth-order valence-corrected chi connectivity index (χ4v) is 1.68. The molecule has 0 radical (unpaired) electrons.